The Morgan fingerprint density at radius 2 is 1.69 bits per heavy atom. The van der Waals surface area contributed by atoms with E-state index in [1.54, 1.807) is 12.3 Å². The van der Waals surface area contributed by atoms with Gasteiger partial charge in [0.05, 0.1) is 12.8 Å². The van der Waals surface area contributed by atoms with Gasteiger partial charge in [0.25, 0.3) is 0 Å². The van der Waals surface area contributed by atoms with Gasteiger partial charge in [-0.1, -0.05) is 56.3 Å². The molecular formula is C21H25N3O2. The Morgan fingerprint density at radius 1 is 0.923 bits per heavy atom. The number of benzene rings is 2. The summed E-state index contributed by atoms with van der Waals surface area (Å²) in [5, 5.41) is 20.7. The zero-order valence-electron chi connectivity index (χ0n) is 15.5. The molecule has 0 saturated heterocycles. The molecule has 0 aliphatic carbocycles. The first-order valence-corrected chi connectivity index (χ1v) is 8.87. The molecule has 0 bridgehead atoms. The van der Waals surface area contributed by atoms with Gasteiger partial charge in [-0.15, -0.1) is 10.2 Å². The van der Waals surface area contributed by atoms with Gasteiger partial charge in [0.1, 0.15) is 11.4 Å². The predicted molar refractivity (Wildman–Crippen MR) is 103 cm³/mol. The summed E-state index contributed by atoms with van der Waals surface area (Å²) in [5.41, 5.74) is 4.06. The van der Waals surface area contributed by atoms with Gasteiger partial charge in [0.15, 0.2) is 5.75 Å². The molecule has 1 aromatic heterocycles. The van der Waals surface area contributed by atoms with Gasteiger partial charge in [-0.3, -0.25) is 0 Å². The van der Waals surface area contributed by atoms with Crippen molar-refractivity contribution >= 4 is 0 Å². The maximum atomic E-state index is 9.42. The first kappa shape index (κ1) is 19.4. The number of rotatable bonds is 5. The summed E-state index contributed by atoms with van der Waals surface area (Å²) < 4.78 is 5.43. The molecule has 0 spiro atoms. The highest BCUT2D eigenvalue weighted by Gasteiger charge is 2.07. The number of ether oxygens (including phenoxy) is 1. The van der Waals surface area contributed by atoms with Crippen LogP contribution in [0.15, 0.2) is 54.7 Å². The van der Waals surface area contributed by atoms with E-state index in [-0.39, 0.29) is 0 Å². The van der Waals surface area contributed by atoms with Gasteiger partial charge in [0, 0.05) is 5.56 Å². The Bertz CT molecular complexity index is 807. The maximum Gasteiger partial charge on any atom is 0.167 e. The summed E-state index contributed by atoms with van der Waals surface area (Å²) in [7, 11) is 0. The van der Waals surface area contributed by atoms with Crippen LogP contribution in [0.2, 0.25) is 0 Å². The first-order chi connectivity index (χ1) is 12.7. The lowest BCUT2D eigenvalue weighted by molar-refractivity contribution is 0.337. The fraction of sp³-hybridized carbons (Fsp3) is 0.286. The average Bonchev–Trinajstić information content (AvgIpc) is 2.69. The molecule has 2 aromatic carbocycles. The van der Waals surface area contributed by atoms with Gasteiger partial charge in [-0.05, 0) is 42.2 Å². The van der Waals surface area contributed by atoms with E-state index in [2.05, 4.69) is 35.3 Å². The Labute approximate surface area is 154 Å². The third kappa shape index (κ3) is 5.02. The van der Waals surface area contributed by atoms with Gasteiger partial charge in [-0.2, -0.15) is 0 Å². The number of aromatic nitrogens is 3. The number of aromatic hydroxyl groups is 1. The monoisotopic (exact) mass is 351 g/mol. The molecule has 5 nitrogen and oxygen atoms in total. The minimum absolute atomic E-state index is 0.437. The number of hydrogen-bond donors (Lipinski definition) is 1. The van der Waals surface area contributed by atoms with Crippen LogP contribution in [0.3, 0.4) is 0 Å². The zero-order valence-corrected chi connectivity index (χ0v) is 15.5. The number of phenolic OH excluding ortho intramolecular Hbond substituents is 1. The van der Waals surface area contributed by atoms with Crippen LogP contribution in [0, 0.1) is 0 Å². The molecule has 0 radical (unpaired) electrons. The SMILES string of the molecule is CCOc1cnnnc1-c1ccccc1.CCc1cccc(O)c1CC. The summed E-state index contributed by atoms with van der Waals surface area (Å²) in [5.74, 6) is 1.10. The van der Waals surface area contributed by atoms with Crippen LogP contribution in [0.1, 0.15) is 31.9 Å². The highest BCUT2D eigenvalue weighted by molar-refractivity contribution is 5.64. The van der Waals surface area contributed by atoms with Crippen LogP contribution in [-0.2, 0) is 12.8 Å². The van der Waals surface area contributed by atoms with Crippen molar-refractivity contribution in [2.75, 3.05) is 6.61 Å². The first-order valence-electron chi connectivity index (χ1n) is 8.87. The third-order valence-corrected chi connectivity index (χ3v) is 3.93. The highest BCUT2D eigenvalue weighted by atomic mass is 16.5. The van der Waals surface area contributed by atoms with Crippen molar-refractivity contribution in [3.05, 3.63) is 65.9 Å². The Hall–Kier alpha value is -2.95. The second-order valence-corrected chi connectivity index (χ2v) is 5.57. The van der Waals surface area contributed by atoms with E-state index in [1.807, 2.05) is 43.3 Å². The molecule has 1 heterocycles. The van der Waals surface area contributed by atoms with Crippen LogP contribution < -0.4 is 4.74 Å². The number of hydrogen-bond acceptors (Lipinski definition) is 5. The molecule has 0 fully saturated rings. The number of nitrogens with zero attached hydrogens (tertiary/aromatic N) is 3. The van der Waals surface area contributed by atoms with Gasteiger partial charge < -0.3 is 9.84 Å². The molecule has 0 atom stereocenters. The quantitative estimate of drug-likeness (QED) is 0.735. The molecule has 3 aromatic rings. The van der Waals surface area contributed by atoms with Gasteiger partial charge in [0.2, 0.25) is 0 Å². The van der Waals surface area contributed by atoms with Crippen LogP contribution in [0.5, 0.6) is 11.5 Å². The van der Waals surface area contributed by atoms with Gasteiger partial charge in [-0.25, -0.2) is 0 Å². The van der Waals surface area contributed by atoms with E-state index < -0.39 is 0 Å². The molecule has 0 aliphatic rings. The molecule has 0 aliphatic heterocycles. The lowest BCUT2D eigenvalue weighted by atomic mass is 10.0. The Morgan fingerprint density at radius 3 is 2.31 bits per heavy atom. The van der Waals surface area contributed by atoms with Crippen molar-refractivity contribution in [2.45, 2.75) is 33.6 Å². The Kier molecular flexibility index (Phi) is 7.55. The lowest BCUT2D eigenvalue weighted by Crippen LogP contribution is -1.99. The lowest BCUT2D eigenvalue weighted by Gasteiger charge is -2.06. The van der Waals surface area contributed by atoms with E-state index in [9.17, 15) is 5.11 Å². The van der Waals surface area contributed by atoms with E-state index in [4.69, 9.17) is 4.74 Å². The van der Waals surface area contributed by atoms with E-state index >= 15 is 0 Å². The van der Waals surface area contributed by atoms with Gasteiger partial charge >= 0.3 is 0 Å². The van der Waals surface area contributed by atoms with E-state index in [0.717, 1.165) is 29.7 Å². The molecule has 0 unspecified atom stereocenters. The zero-order chi connectivity index (χ0) is 18.8. The minimum atomic E-state index is 0.437. The standard InChI is InChI=1S/C11H11N3O.C10H14O/c1-2-15-10-8-12-14-13-11(10)9-6-4-3-5-7-9;1-3-8-6-5-7-10(11)9(8)4-2/h3-8H,2H2,1H3;5-7,11H,3-4H2,1-2H3. The smallest absolute Gasteiger partial charge is 0.167 e. The fourth-order valence-corrected chi connectivity index (χ4v) is 2.68. The molecule has 1 N–H and O–H groups in total. The van der Waals surface area contributed by atoms with Crippen molar-refractivity contribution < 1.29 is 9.84 Å². The predicted octanol–water partition coefficient (Wildman–Crippen LogP) is 4.45. The van der Waals surface area contributed by atoms with Crippen molar-refractivity contribution in [1.29, 1.82) is 0 Å². The highest BCUT2D eigenvalue weighted by Crippen LogP contribution is 2.25. The Balaban J connectivity index is 0.000000197. The normalized spacial score (nSPS) is 9.96. The van der Waals surface area contributed by atoms with Crippen molar-refractivity contribution in [3.63, 3.8) is 0 Å². The number of aryl methyl sites for hydroxylation is 1. The second-order valence-electron chi connectivity index (χ2n) is 5.57. The van der Waals surface area contributed by atoms with Crippen molar-refractivity contribution in [2.24, 2.45) is 0 Å². The summed E-state index contributed by atoms with van der Waals surface area (Å²) in [6.45, 7) is 6.69. The average molecular weight is 351 g/mol. The van der Waals surface area contributed by atoms with E-state index in [1.165, 1.54) is 5.56 Å². The summed E-state index contributed by atoms with van der Waals surface area (Å²) in [6, 6.07) is 15.5. The molecule has 0 saturated carbocycles. The maximum absolute atomic E-state index is 9.42. The largest absolute Gasteiger partial charge is 0.508 e. The van der Waals surface area contributed by atoms with Crippen LogP contribution in [0.25, 0.3) is 11.3 Å². The summed E-state index contributed by atoms with van der Waals surface area (Å²) >= 11 is 0. The van der Waals surface area contributed by atoms with Crippen molar-refractivity contribution in [3.8, 4) is 22.8 Å². The molecule has 0 amide bonds. The summed E-state index contributed by atoms with van der Waals surface area (Å²) in [6.07, 6.45) is 3.49. The van der Waals surface area contributed by atoms with Crippen LogP contribution >= 0.6 is 0 Å². The molecule has 26 heavy (non-hydrogen) atoms. The topological polar surface area (TPSA) is 68.1 Å². The minimum Gasteiger partial charge on any atom is -0.508 e. The van der Waals surface area contributed by atoms with Crippen LogP contribution in [0.4, 0.5) is 0 Å². The fourth-order valence-electron chi connectivity index (χ4n) is 2.68. The molecule has 5 heteroatoms. The third-order valence-electron chi connectivity index (χ3n) is 3.93. The second kappa shape index (κ2) is 10.1. The van der Waals surface area contributed by atoms with Crippen LogP contribution in [-0.4, -0.2) is 27.1 Å². The molecular weight excluding hydrogens is 326 g/mol. The summed E-state index contributed by atoms with van der Waals surface area (Å²) in [4.78, 5) is 0. The van der Waals surface area contributed by atoms with Crippen molar-refractivity contribution in [1.82, 2.24) is 15.4 Å². The number of phenols is 1. The molecule has 136 valence electrons. The molecule has 3 rings (SSSR count). The van der Waals surface area contributed by atoms with E-state index in [0.29, 0.717) is 18.1 Å².